The molecule has 1 fully saturated rings. The van der Waals surface area contributed by atoms with Crippen LogP contribution in [-0.4, -0.2) is 68.9 Å². The number of thioether (sulfide) groups is 2. The van der Waals surface area contributed by atoms with Crippen LogP contribution < -0.4 is 0 Å². The smallest absolute Gasteiger partial charge is 0.313 e. The van der Waals surface area contributed by atoms with Crippen LogP contribution in [-0.2, 0) is 27.4 Å². The highest BCUT2D eigenvalue weighted by molar-refractivity contribution is 8.01. The van der Waals surface area contributed by atoms with Crippen LogP contribution in [0.2, 0.25) is 0 Å². The van der Waals surface area contributed by atoms with Gasteiger partial charge in [0.05, 0.1) is 29.8 Å². The Balaban J connectivity index is 1.85. The molecule has 4 unspecified atom stereocenters. The van der Waals surface area contributed by atoms with E-state index in [1.807, 2.05) is 24.3 Å². The zero-order chi connectivity index (χ0) is 21.9. The number of methoxy groups -OCH3 is 1. The van der Waals surface area contributed by atoms with Crippen LogP contribution in [0.4, 0.5) is 0 Å². The van der Waals surface area contributed by atoms with Gasteiger partial charge in [-0.1, -0.05) is 36.4 Å². The Morgan fingerprint density at radius 2 is 2.10 bits per heavy atom. The number of ether oxygens (including phenoxy) is 1. The Bertz CT molecular complexity index is 723. The van der Waals surface area contributed by atoms with Gasteiger partial charge in [-0.05, 0) is 29.1 Å². The Labute approximate surface area is 186 Å². The molecule has 0 aliphatic heterocycles. The molecular weight excluding hydrogens is 424 g/mol. The number of Topliss-reactive ketones (excluding diaryl/α,β-unsaturated/α-hetero) is 1. The second-order valence-electron chi connectivity index (χ2n) is 7.32. The average Bonchev–Trinajstić information content (AvgIpc) is 2.95. The summed E-state index contributed by atoms with van der Waals surface area (Å²) in [5.41, 5.74) is 2.04. The third-order valence-corrected chi connectivity index (χ3v) is 7.27. The summed E-state index contributed by atoms with van der Waals surface area (Å²) < 4.78 is 5.13. The van der Waals surface area contributed by atoms with Crippen LogP contribution in [0.25, 0.3) is 0 Å². The van der Waals surface area contributed by atoms with Gasteiger partial charge in [0, 0.05) is 25.9 Å². The van der Waals surface area contributed by atoms with Gasteiger partial charge in [-0.25, -0.2) is 0 Å². The highest BCUT2D eigenvalue weighted by Gasteiger charge is 2.40. The monoisotopic (exact) mass is 454 g/mol. The molecule has 0 heterocycles. The number of hydrogen-bond acceptors (Lipinski definition) is 7. The summed E-state index contributed by atoms with van der Waals surface area (Å²) in [4.78, 5) is 22.8. The first-order valence-corrected chi connectivity index (χ1v) is 12.2. The van der Waals surface area contributed by atoms with Gasteiger partial charge >= 0.3 is 5.97 Å². The molecule has 1 aliphatic rings. The van der Waals surface area contributed by atoms with Crippen LogP contribution in [0.15, 0.2) is 36.4 Å². The molecule has 1 aromatic rings. The molecule has 1 saturated carbocycles. The quantitative estimate of drug-likeness (QED) is 0.309. The van der Waals surface area contributed by atoms with Crippen molar-refractivity contribution in [2.45, 2.75) is 43.3 Å². The first-order chi connectivity index (χ1) is 14.4. The van der Waals surface area contributed by atoms with Crippen LogP contribution in [0.1, 0.15) is 24.0 Å². The number of aliphatic hydroxyl groups excluding tert-OH is 2. The predicted octanol–water partition coefficient (Wildman–Crippen LogP) is 2.55. The molecule has 1 aliphatic carbocycles. The summed E-state index contributed by atoms with van der Waals surface area (Å²) in [6, 6.07) is 7.85. The lowest BCUT2D eigenvalue weighted by atomic mass is 10.0. The SMILES string of the molecule is COCc1cccc(CC(O)/C=C/C2C(O)CC(=O)C2SCCCSCC(=O)O)c1. The van der Waals surface area contributed by atoms with E-state index < -0.39 is 18.2 Å². The Hall–Kier alpha value is -1.32. The fourth-order valence-electron chi connectivity index (χ4n) is 3.42. The molecule has 2 rings (SSSR count). The molecule has 166 valence electrons. The molecule has 1 aromatic carbocycles. The lowest BCUT2D eigenvalue weighted by Gasteiger charge is -2.17. The standard InChI is InChI=1S/C22H30O6S2/c1-28-13-16-5-2-4-15(10-16)11-17(23)6-7-18-19(24)12-20(25)22(18)30-9-3-8-29-14-21(26)27/h2,4-7,10,17-19,22-24H,3,8-9,11-14H2,1H3,(H,26,27)/b7-6+. The molecule has 0 spiro atoms. The van der Waals surface area contributed by atoms with Crippen molar-refractivity contribution in [3.05, 3.63) is 47.5 Å². The number of hydrogen-bond donors (Lipinski definition) is 3. The molecule has 8 heteroatoms. The largest absolute Gasteiger partial charge is 0.481 e. The van der Waals surface area contributed by atoms with Crippen molar-refractivity contribution in [2.24, 2.45) is 5.92 Å². The van der Waals surface area contributed by atoms with Gasteiger partial charge in [-0.15, -0.1) is 11.8 Å². The summed E-state index contributed by atoms with van der Waals surface area (Å²) in [6.07, 6.45) is 3.40. The van der Waals surface area contributed by atoms with Crippen molar-refractivity contribution in [2.75, 3.05) is 24.4 Å². The Kier molecular flexibility index (Phi) is 11.0. The van der Waals surface area contributed by atoms with Gasteiger partial charge in [0.2, 0.25) is 0 Å². The normalized spacial score (nSPS) is 22.6. The molecule has 0 bridgehead atoms. The molecule has 0 aromatic heterocycles. The van der Waals surface area contributed by atoms with Crippen LogP contribution in [0, 0.1) is 5.92 Å². The molecule has 4 atom stereocenters. The molecule has 0 amide bonds. The van der Waals surface area contributed by atoms with E-state index in [2.05, 4.69) is 0 Å². The van der Waals surface area contributed by atoms with Gasteiger partial charge in [0.1, 0.15) is 5.78 Å². The number of aliphatic carboxylic acids is 1. The fraction of sp³-hybridized carbons (Fsp3) is 0.545. The summed E-state index contributed by atoms with van der Waals surface area (Å²) in [5.74, 6) is 0.435. The summed E-state index contributed by atoms with van der Waals surface area (Å²) in [7, 11) is 1.64. The van der Waals surface area contributed by atoms with Gasteiger partial charge < -0.3 is 20.1 Å². The second kappa shape index (κ2) is 13.2. The minimum atomic E-state index is -0.823. The number of ketones is 1. The van der Waals surface area contributed by atoms with E-state index in [-0.39, 0.29) is 29.1 Å². The highest BCUT2D eigenvalue weighted by Crippen LogP contribution is 2.34. The number of rotatable bonds is 13. The van der Waals surface area contributed by atoms with Crippen molar-refractivity contribution < 1.29 is 29.6 Å². The summed E-state index contributed by atoms with van der Waals surface area (Å²) >= 11 is 2.87. The van der Waals surface area contributed by atoms with Crippen LogP contribution in [0.5, 0.6) is 0 Å². The van der Waals surface area contributed by atoms with Crippen LogP contribution >= 0.6 is 23.5 Å². The number of aliphatic hydroxyl groups is 2. The van der Waals surface area contributed by atoms with E-state index in [0.29, 0.717) is 13.0 Å². The number of carboxylic acids is 1. The summed E-state index contributed by atoms with van der Waals surface area (Å²) in [6.45, 7) is 0.518. The first-order valence-electron chi connectivity index (χ1n) is 9.95. The molecule has 0 radical (unpaired) electrons. The van der Waals surface area contributed by atoms with E-state index in [1.54, 1.807) is 19.3 Å². The molecule has 6 nitrogen and oxygen atoms in total. The number of carboxylic acid groups (broad SMARTS) is 1. The average molecular weight is 455 g/mol. The van der Waals surface area contributed by atoms with E-state index in [0.717, 1.165) is 29.1 Å². The van der Waals surface area contributed by atoms with Crippen molar-refractivity contribution in [1.82, 2.24) is 0 Å². The maximum Gasteiger partial charge on any atom is 0.313 e. The lowest BCUT2D eigenvalue weighted by molar-refractivity contribution is -0.133. The second-order valence-corrected chi connectivity index (χ2v) is 9.67. The van der Waals surface area contributed by atoms with Gasteiger partial charge in [0.25, 0.3) is 0 Å². The topological polar surface area (TPSA) is 104 Å². The fourth-order valence-corrected chi connectivity index (χ4v) is 5.61. The molecule has 3 N–H and O–H groups in total. The zero-order valence-corrected chi connectivity index (χ0v) is 18.7. The Morgan fingerprint density at radius 1 is 1.33 bits per heavy atom. The van der Waals surface area contributed by atoms with Gasteiger partial charge in [0.15, 0.2) is 0 Å². The maximum atomic E-state index is 12.3. The number of carbonyl (C=O) groups excluding carboxylic acids is 1. The van der Waals surface area contributed by atoms with E-state index in [4.69, 9.17) is 9.84 Å². The third kappa shape index (κ3) is 8.43. The first kappa shape index (κ1) is 24.9. The van der Waals surface area contributed by atoms with Gasteiger partial charge in [-0.2, -0.15) is 11.8 Å². The molecule has 0 saturated heterocycles. The van der Waals surface area contributed by atoms with Crippen molar-refractivity contribution in [3.8, 4) is 0 Å². The molecule has 30 heavy (non-hydrogen) atoms. The zero-order valence-electron chi connectivity index (χ0n) is 17.1. The maximum absolute atomic E-state index is 12.3. The van der Waals surface area contributed by atoms with E-state index >= 15 is 0 Å². The van der Waals surface area contributed by atoms with E-state index in [1.165, 1.54) is 23.5 Å². The predicted molar refractivity (Wildman–Crippen MR) is 121 cm³/mol. The summed E-state index contributed by atoms with van der Waals surface area (Å²) in [5, 5.41) is 29.0. The van der Waals surface area contributed by atoms with Gasteiger partial charge in [-0.3, -0.25) is 9.59 Å². The molecular formula is C22H30O6S2. The minimum absolute atomic E-state index is 0.0297. The van der Waals surface area contributed by atoms with Crippen molar-refractivity contribution in [1.29, 1.82) is 0 Å². The highest BCUT2D eigenvalue weighted by atomic mass is 32.2. The third-order valence-electron chi connectivity index (χ3n) is 4.78. The van der Waals surface area contributed by atoms with E-state index in [9.17, 15) is 19.8 Å². The lowest BCUT2D eigenvalue weighted by Crippen LogP contribution is -2.22. The van der Waals surface area contributed by atoms with Crippen LogP contribution in [0.3, 0.4) is 0 Å². The number of carbonyl (C=O) groups is 2. The van der Waals surface area contributed by atoms with Crippen molar-refractivity contribution >= 4 is 35.3 Å². The Morgan fingerprint density at radius 3 is 2.83 bits per heavy atom. The number of benzene rings is 1. The van der Waals surface area contributed by atoms with Crippen molar-refractivity contribution in [3.63, 3.8) is 0 Å². The minimum Gasteiger partial charge on any atom is -0.481 e.